The van der Waals surface area contributed by atoms with Crippen LogP contribution in [0.15, 0.2) is 12.1 Å². The fraction of sp³-hybridized carbons (Fsp3) is 0.562. The minimum atomic E-state index is 0.247. The van der Waals surface area contributed by atoms with Crippen LogP contribution in [0, 0.1) is 0 Å². The summed E-state index contributed by atoms with van der Waals surface area (Å²) in [6.45, 7) is 7.72. The zero-order valence-electron chi connectivity index (χ0n) is 12.2. The van der Waals surface area contributed by atoms with Gasteiger partial charge in [-0.05, 0) is 30.8 Å². The second-order valence-corrected chi connectivity index (χ2v) is 5.58. The third-order valence-electron chi connectivity index (χ3n) is 3.81. The lowest BCUT2D eigenvalue weighted by Gasteiger charge is -2.17. The van der Waals surface area contributed by atoms with Gasteiger partial charge in [-0.2, -0.15) is 0 Å². The molecule has 0 unspecified atom stereocenters. The summed E-state index contributed by atoms with van der Waals surface area (Å²) in [7, 11) is 0. The Labute approximate surface area is 125 Å². The van der Waals surface area contributed by atoms with E-state index in [0.29, 0.717) is 24.5 Å². The van der Waals surface area contributed by atoms with Crippen molar-refractivity contribution in [3.63, 3.8) is 0 Å². The largest absolute Gasteiger partial charge is 0.493 e. The van der Waals surface area contributed by atoms with E-state index >= 15 is 0 Å². The normalized spacial score (nSPS) is 13.4. The van der Waals surface area contributed by atoms with E-state index in [1.165, 1.54) is 0 Å². The number of hydrogen-bond donors (Lipinski definition) is 0. The number of fused-ring (bicyclic) bond motifs is 1. The molecule has 0 bridgehead atoms. The molecule has 0 aromatic heterocycles. The van der Waals surface area contributed by atoms with Gasteiger partial charge in [-0.3, -0.25) is 4.79 Å². The third kappa shape index (κ3) is 3.74. The summed E-state index contributed by atoms with van der Waals surface area (Å²) in [6, 6.07) is 3.80. The zero-order valence-corrected chi connectivity index (χ0v) is 13.0. The number of rotatable bonds is 7. The third-order valence-corrected chi connectivity index (χ3v) is 4.03. The molecule has 0 amide bonds. The van der Waals surface area contributed by atoms with Gasteiger partial charge in [0.05, 0.1) is 6.61 Å². The molecule has 4 heteroatoms. The summed E-state index contributed by atoms with van der Waals surface area (Å²) in [4.78, 5) is 14.4. The van der Waals surface area contributed by atoms with Gasteiger partial charge in [0.25, 0.3) is 0 Å². The first kappa shape index (κ1) is 15.3. The Morgan fingerprint density at radius 2 is 2.10 bits per heavy atom. The molecule has 20 heavy (non-hydrogen) atoms. The molecule has 0 aliphatic carbocycles. The first-order chi connectivity index (χ1) is 9.63. The predicted molar refractivity (Wildman–Crippen MR) is 81.8 cm³/mol. The summed E-state index contributed by atoms with van der Waals surface area (Å²) in [5.74, 6) is 1.13. The number of carbonyl (C=O) groups excluding carboxylic acids is 1. The number of nitrogens with zero attached hydrogens (tertiary/aromatic N) is 1. The average Bonchev–Trinajstić information content (AvgIpc) is 2.88. The van der Waals surface area contributed by atoms with Crippen LogP contribution in [0.4, 0.5) is 0 Å². The van der Waals surface area contributed by atoms with Crippen molar-refractivity contribution in [1.82, 2.24) is 4.90 Å². The summed E-state index contributed by atoms with van der Waals surface area (Å²) in [5.41, 5.74) is 2.07. The molecule has 0 saturated carbocycles. The zero-order chi connectivity index (χ0) is 14.5. The van der Waals surface area contributed by atoms with Crippen molar-refractivity contribution in [3.05, 3.63) is 28.3 Å². The molecule has 3 nitrogen and oxygen atoms in total. The van der Waals surface area contributed by atoms with Gasteiger partial charge in [0, 0.05) is 36.4 Å². The minimum absolute atomic E-state index is 0.247. The Morgan fingerprint density at radius 1 is 1.35 bits per heavy atom. The molecule has 0 atom stereocenters. The number of Topliss-reactive ketones (excluding diaryl/α,β-unsaturated/α-hetero) is 1. The molecular weight excluding hydrogens is 274 g/mol. The SMILES string of the molecule is CCN(CC)CCC(=O)Cc1cc(Cl)cc2c1OCC2. The highest BCUT2D eigenvalue weighted by Crippen LogP contribution is 2.33. The van der Waals surface area contributed by atoms with Gasteiger partial charge in [0.15, 0.2) is 0 Å². The maximum atomic E-state index is 12.1. The summed E-state index contributed by atoms with van der Waals surface area (Å²) < 4.78 is 5.63. The number of ketones is 1. The molecular formula is C16H22ClNO2. The molecule has 0 N–H and O–H groups in total. The van der Waals surface area contributed by atoms with E-state index in [-0.39, 0.29) is 5.78 Å². The van der Waals surface area contributed by atoms with E-state index in [4.69, 9.17) is 16.3 Å². The van der Waals surface area contributed by atoms with Crippen molar-refractivity contribution in [3.8, 4) is 5.75 Å². The summed E-state index contributed by atoms with van der Waals surface area (Å²) in [6.07, 6.45) is 1.89. The van der Waals surface area contributed by atoms with Gasteiger partial charge in [-0.15, -0.1) is 0 Å². The van der Waals surface area contributed by atoms with E-state index < -0.39 is 0 Å². The van der Waals surface area contributed by atoms with E-state index in [1.807, 2.05) is 12.1 Å². The van der Waals surface area contributed by atoms with E-state index in [2.05, 4.69) is 18.7 Å². The van der Waals surface area contributed by atoms with E-state index in [0.717, 1.165) is 42.9 Å². The predicted octanol–water partition coefficient (Wildman–Crippen LogP) is 3.12. The first-order valence-corrected chi connectivity index (χ1v) is 7.70. The standard InChI is InChI=1S/C16H22ClNO2/c1-3-18(4-2)7-5-15(19)11-13-10-14(17)9-12-6-8-20-16(12)13/h9-10H,3-8,11H2,1-2H3. The lowest BCUT2D eigenvalue weighted by molar-refractivity contribution is -0.118. The van der Waals surface area contributed by atoms with Crippen LogP contribution in [0.1, 0.15) is 31.4 Å². The van der Waals surface area contributed by atoms with Gasteiger partial charge in [-0.1, -0.05) is 25.4 Å². The Bertz CT molecular complexity index is 484. The molecule has 2 rings (SSSR count). The summed E-state index contributed by atoms with van der Waals surface area (Å²) in [5, 5.41) is 0.695. The molecule has 0 saturated heterocycles. The maximum absolute atomic E-state index is 12.1. The minimum Gasteiger partial charge on any atom is -0.493 e. The van der Waals surface area contributed by atoms with Crippen molar-refractivity contribution >= 4 is 17.4 Å². The number of halogens is 1. The molecule has 110 valence electrons. The van der Waals surface area contributed by atoms with Crippen molar-refractivity contribution < 1.29 is 9.53 Å². The van der Waals surface area contributed by atoms with Crippen LogP contribution in [-0.2, 0) is 17.6 Å². The number of carbonyl (C=O) groups is 1. The van der Waals surface area contributed by atoms with Gasteiger partial charge in [-0.25, -0.2) is 0 Å². The number of hydrogen-bond acceptors (Lipinski definition) is 3. The number of ether oxygens (including phenoxy) is 1. The highest BCUT2D eigenvalue weighted by molar-refractivity contribution is 6.30. The Kier molecular flexibility index (Phi) is 5.44. The Hall–Kier alpha value is -1.06. The van der Waals surface area contributed by atoms with Crippen LogP contribution in [0.2, 0.25) is 5.02 Å². The monoisotopic (exact) mass is 295 g/mol. The van der Waals surface area contributed by atoms with Gasteiger partial charge < -0.3 is 9.64 Å². The maximum Gasteiger partial charge on any atom is 0.138 e. The second kappa shape index (κ2) is 7.09. The van der Waals surface area contributed by atoms with Crippen molar-refractivity contribution in [2.24, 2.45) is 0 Å². The first-order valence-electron chi connectivity index (χ1n) is 7.32. The van der Waals surface area contributed by atoms with Crippen LogP contribution in [0.25, 0.3) is 0 Å². The van der Waals surface area contributed by atoms with E-state index in [9.17, 15) is 4.79 Å². The highest BCUT2D eigenvalue weighted by atomic mass is 35.5. The lowest BCUT2D eigenvalue weighted by atomic mass is 10.0. The topological polar surface area (TPSA) is 29.5 Å². The molecule has 1 heterocycles. The highest BCUT2D eigenvalue weighted by Gasteiger charge is 2.19. The lowest BCUT2D eigenvalue weighted by Crippen LogP contribution is -2.26. The van der Waals surface area contributed by atoms with Crippen LogP contribution in [0.3, 0.4) is 0 Å². The molecule has 0 spiro atoms. The van der Waals surface area contributed by atoms with Crippen LogP contribution in [0.5, 0.6) is 5.75 Å². The van der Waals surface area contributed by atoms with Gasteiger partial charge >= 0.3 is 0 Å². The molecule has 1 aromatic carbocycles. The van der Waals surface area contributed by atoms with Crippen molar-refractivity contribution in [2.45, 2.75) is 33.1 Å². The van der Waals surface area contributed by atoms with Crippen molar-refractivity contribution in [1.29, 1.82) is 0 Å². The van der Waals surface area contributed by atoms with E-state index in [1.54, 1.807) is 0 Å². The van der Waals surface area contributed by atoms with Crippen molar-refractivity contribution in [2.75, 3.05) is 26.2 Å². The van der Waals surface area contributed by atoms with Gasteiger partial charge in [0.2, 0.25) is 0 Å². The second-order valence-electron chi connectivity index (χ2n) is 5.14. The van der Waals surface area contributed by atoms with Crippen LogP contribution < -0.4 is 4.74 Å². The number of benzene rings is 1. The Balaban J connectivity index is 1.98. The Morgan fingerprint density at radius 3 is 2.80 bits per heavy atom. The van der Waals surface area contributed by atoms with Crippen LogP contribution >= 0.6 is 11.6 Å². The fourth-order valence-electron chi connectivity index (χ4n) is 2.60. The molecule has 1 aromatic rings. The molecule has 0 fully saturated rings. The van der Waals surface area contributed by atoms with Crippen LogP contribution in [-0.4, -0.2) is 36.9 Å². The molecule has 1 aliphatic heterocycles. The summed E-state index contributed by atoms with van der Waals surface area (Å²) >= 11 is 6.11. The quantitative estimate of drug-likeness (QED) is 0.774. The van der Waals surface area contributed by atoms with Gasteiger partial charge in [0.1, 0.15) is 11.5 Å². The smallest absolute Gasteiger partial charge is 0.138 e. The average molecular weight is 296 g/mol. The molecule has 0 radical (unpaired) electrons. The fourth-order valence-corrected chi connectivity index (χ4v) is 2.86. The molecule has 1 aliphatic rings.